The topological polar surface area (TPSA) is 83.5 Å². The lowest BCUT2D eigenvalue weighted by atomic mass is 9.83. The number of aryl methyl sites for hydroxylation is 1. The molecule has 2 bridgehead atoms. The van der Waals surface area contributed by atoms with Crippen LogP contribution in [0.25, 0.3) is 0 Å². The molecule has 148 valence electrons. The molecule has 0 aromatic heterocycles. The molecule has 2 saturated carbocycles. The molecule has 0 spiro atoms. The first-order valence-corrected chi connectivity index (χ1v) is 11.3. The van der Waals surface area contributed by atoms with Crippen LogP contribution in [-0.4, -0.2) is 25.5 Å². The SMILES string of the molecule is Cc1ccc(S(=O)(=O)NC2CC3CC(C/C=C/CCCC(=O)O)C2C3)cc1. The van der Waals surface area contributed by atoms with Gasteiger partial charge in [0.15, 0.2) is 0 Å². The number of hydrogen-bond donors (Lipinski definition) is 2. The zero-order chi connectivity index (χ0) is 19.4. The largest absolute Gasteiger partial charge is 0.481 e. The van der Waals surface area contributed by atoms with Crippen LogP contribution in [0.4, 0.5) is 0 Å². The van der Waals surface area contributed by atoms with Crippen LogP contribution in [0.3, 0.4) is 0 Å². The number of carboxylic acid groups (broad SMARTS) is 1. The number of fused-ring (bicyclic) bond motifs is 2. The summed E-state index contributed by atoms with van der Waals surface area (Å²) in [6, 6.07) is 7.02. The van der Waals surface area contributed by atoms with Gasteiger partial charge >= 0.3 is 5.97 Å². The monoisotopic (exact) mass is 391 g/mol. The van der Waals surface area contributed by atoms with Gasteiger partial charge in [0.05, 0.1) is 4.90 Å². The lowest BCUT2D eigenvalue weighted by Gasteiger charge is -2.29. The molecule has 4 atom stereocenters. The minimum Gasteiger partial charge on any atom is -0.481 e. The number of allylic oxidation sites excluding steroid dienone is 2. The number of rotatable bonds is 9. The zero-order valence-corrected chi connectivity index (χ0v) is 16.6. The van der Waals surface area contributed by atoms with E-state index in [1.165, 1.54) is 6.42 Å². The maximum absolute atomic E-state index is 12.7. The van der Waals surface area contributed by atoms with Crippen molar-refractivity contribution in [2.24, 2.45) is 17.8 Å². The molecule has 0 aliphatic heterocycles. The Morgan fingerprint density at radius 3 is 2.59 bits per heavy atom. The molecule has 0 heterocycles. The van der Waals surface area contributed by atoms with Crippen LogP contribution < -0.4 is 4.72 Å². The maximum Gasteiger partial charge on any atom is 0.303 e. The fourth-order valence-electron chi connectivity index (χ4n) is 4.65. The van der Waals surface area contributed by atoms with Crippen LogP contribution in [0.1, 0.15) is 50.5 Å². The van der Waals surface area contributed by atoms with Crippen molar-refractivity contribution in [3.63, 3.8) is 0 Å². The quantitative estimate of drug-likeness (QED) is 0.494. The van der Waals surface area contributed by atoms with E-state index in [4.69, 9.17) is 5.11 Å². The van der Waals surface area contributed by atoms with Gasteiger partial charge in [0.1, 0.15) is 0 Å². The van der Waals surface area contributed by atoms with Gasteiger partial charge in [-0.1, -0.05) is 29.8 Å². The van der Waals surface area contributed by atoms with Gasteiger partial charge in [-0.05, 0) is 75.3 Å². The van der Waals surface area contributed by atoms with E-state index >= 15 is 0 Å². The Morgan fingerprint density at radius 1 is 1.19 bits per heavy atom. The van der Waals surface area contributed by atoms with Gasteiger partial charge in [0.25, 0.3) is 0 Å². The predicted molar refractivity (Wildman–Crippen MR) is 105 cm³/mol. The fraction of sp³-hybridized carbons (Fsp3) is 0.571. The van der Waals surface area contributed by atoms with Gasteiger partial charge in [0, 0.05) is 12.5 Å². The van der Waals surface area contributed by atoms with Crippen molar-refractivity contribution in [1.82, 2.24) is 4.72 Å². The third kappa shape index (κ3) is 5.20. The van der Waals surface area contributed by atoms with Crippen molar-refractivity contribution in [2.45, 2.75) is 62.8 Å². The van der Waals surface area contributed by atoms with Crippen molar-refractivity contribution in [3.05, 3.63) is 42.0 Å². The summed E-state index contributed by atoms with van der Waals surface area (Å²) < 4.78 is 28.4. The summed E-state index contributed by atoms with van der Waals surface area (Å²) in [6.45, 7) is 1.94. The van der Waals surface area contributed by atoms with E-state index in [0.29, 0.717) is 29.1 Å². The predicted octanol–water partition coefficient (Wildman–Crippen LogP) is 3.89. The lowest BCUT2D eigenvalue weighted by Crippen LogP contribution is -2.41. The molecule has 6 heteroatoms. The summed E-state index contributed by atoms with van der Waals surface area (Å²) in [7, 11) is -3.47. The van der Waals surface area contributed by atoms with Gasteiger partial charge in [-0.25, -0.2) is 13.1 Å². The number of aliphatic carboxylic acids is 1. The lowest BCUT2D eigenvalue weighted by molar-refractivity contribution is -0.137. The molecule has 5 nitrogen and oxygen atoms in total. The molecular weight excluding hydrogens is 362 g/mol. The van der Waals surface area contributed by atoms with Crippen LogP contribution in [0.5, 0.6) is 0 Å². The fourth-order valence-corrected chi connectivity index (χ4v) is 5.95. The van der Waals surface area contributed by atoms with Crippen molar-refractivity contribution < 1.29 is 18.3 Å². The Kier molecular flexibility index (Phi) is 6.37. The summed E-state index contributed by atoms with van der Waals surface area (Å²) >= 11 is 0. The summed E-state index contributed by atoms with van der Waals surface area (Å²) in [6.07, 6.45) is 10.1. The average Bonchev–Trinajstić information content (AvgIpc) is 3.17. The number of sulfonamides is 1. The van der Waals surface area contributed by atoms with Gasteiger partial charge in [-0.3, -0.25) is 4.79 Å². The molecule has 2 N–H and O–H groups in total. The molecule has 0 saturated heterocycles. The summed E-state index contributed by atoms with van der Waals surface area (Å²) in [5.41, 5.74) is 1.05. The van der Waals surface area contributed by atoms with E-state index in [0.717, 1.165) is 31.2 Å². The van der Waals surface area contributed by atoms with E-state index in [1.54, 1.807) is 12.1 Å². The van der Waals surface area contributed by atoms with Crippen molar-refractivity contribution in [3.8, 4) is 0 Å². The highest BCUT2D eigenvalue weighted by Crippen LogP contribution is 2.50. The molecule has 27 heavy (non-hydrogen) atoms. The Bertz CT molecular complexity index is 785. The number of nitrogens with one attached hydrogen (secondary N) is 1. The van der Waals surface area contributed by atoms with Crippen molar-refractivity contribution in [2.75, 3.05) is 0 Å². The number of carbonyl (C=O) groups is 1. The first-order chi connectivity index (χ1) is 12.8. The van der Waals surface area contributed by atoms with Gasteiger partial charge < -0.3 is 5.11 Å². The highest BCUT2D eigenvalue weighted by molar-refractivity contribution is 7.89. The highest BCUT2D eigenvalue weighted by Gasteiger charge is 2.46. The van der Waals surface area contributed by atoms with E-state index in [-0.39, 0.29) is 12.5 Å². The maximum atomic E-state index is 12.7. The number of benzene rings is 1. The standard InChI is InChI=1S/C21H29NO4S/c1-15-8-10-18(11-9-15)27(25,26)22-20-14-16-12-17(19(20)13-16)6-4-2-3-5-7-21(23)24/h2,4,8-11,16-17,19-20,22H,3,5-7,12-14H2,1H3,(H,23,24)/b4-2+. The average molecular weight is 392 g/mol. The molecule has 3 rings (SSSR count). The molecule has 0 amide bonds. The first-order valence-electron chi connectivity index (χ1n) is 9.81. The molecule has 4 unspecified atom stereocenters. The summed E-state index contributed by atoms with van der Waals surface area (Å²) in [4.78, 5) is 10.9. The number of hydrogen-bond acceptors (Lipinski definition) is 3. The second-order valence-electron chi connectivity index (χ2n) is 8.03. The third-order valence-electron chi connectivity index (χ3n) is 5.96. The molecule has 2 aliphatic carbocycles. The Hall–Kier alpha value is -1.66. The summed E-state index contributed by atoms with van der Waals surface area (Å²) in [5, 5.41) is 8.65. The van der Waals surface area contributed by atoms with Crippen LogP contribution in [-0.2, 0) is 14.8 Å². The number of unbranched alkanes of at least 4 members (excludes halogenated alkanes) is 1. The first kappa shape index (κ1) is 20.1. The minimum absolute atomic E-state index is 0.0282. The van der Waals surface area contributed by atoms with E-state index in [9.17, 15) is 13.2 Å². The molecule has 1 aromatic carbocycles. The van der Waals surface area contributed by atoms with Crippen LogP contribution in [0, 0.1) is 24.7 Å². The molecule has 0 radical (unpaired) electrons. The zero-order valence-electron chi connectivity index (χ0n) is 15.8. The second kappa shape index (κ2) is 8.57. The normalized spacial score (nSPS) is 27.4. The molecule has 2 aliphatic rings. The van der Waals surface area contributed by atoms with Gasteiger partial charge in [-0.15, -0.1) is 0 Å². The van der Waals surface area contributed by atoms with Gasteiger partial charge in [0.2, 0.25) is 10.0 Å². The Balaban J connectivity index is 1.53. The van der Waals surface area contributed by atoms with Crippen LogP contribution in [0.15, 0.2) is 41.3 Å². The number of carboxylic acids is 1. The third-order valence-corrected chi connectivity index (χ3v) is 7.46. The van der Waals surface area contributed by atoms with Crippen LogP contribution >= 0.6 is 0 Å². The Labute approximate surface area is 161 Å². The van der Waals surface area contributed by atoms with E-state index in [2.05, 4.69) is 16.9 Å². The summed E-state index contributed by atoms with van der Waals surface area (Å²) in [5.74, 6) is 0.787. The van der Waals surface area contributed by atoms with E-state index < -0.39 is 16.0 Å². The van der Waals surface area contributed by atoms with E-state index in [1.807, 2.05) is 19.1 Å². The Morgan fingerprint density at radius 2 is 1.93 bits per heavy atom. The molecule has 1 aromatic rings. The van der Waals surface area contributed by atoms with Crippen LogP contribution in [0.2, 0.25) is 0 Å². The molecular formula is C21H29NO4S. The van der Waals surface area contributed by atoms with Crippen molar-refractivity contribution in [1.29, 1.82) is 0 Å². The highest BCUT2D eigenvalue weighted by atomic mass is 32.2. The second-order valence-corrected chi connectivity index (χ2v) is 9.74. The van der Waals surface area contributed by atoms with Crippen molar-refractivity contribution >= 4 is 16.0 Å². The molecule has 2 fully saturated rings. The smallest absolute Gasteiger partial charge is 0.303 e. The minimum atomic E-state index is -3.47. The van der Waals surface area contributed by atoms with Gasteiger partial charge in [-0.2, -0.15) is 0 Å².